The molecule has 0 unspecified atom stereocenters. The molecule has 0 spiro atoms. The summed E-state index contributed by atoms with van der Waals surface area (Å²) in [7, 11) is -4.44. The zero-order chi connectivity index (χ0) is 14.1. The molecule has 0 aliphatic carbocycles. The third-order valence-corrected chi connectivity index (χ3v) is 3.42. The van der Waals surface area contributed by atoms with E-state index in [1.165, 1.54) is 37.7 Å². The average molecular weight is 352 g/mol. The van der Waals surface area contributed by atoms with E-state index in [4.69, 9.17) is 9.79 Å². The monoisotopic (exact) mass is 350 g/mol. The predicted molar refractivity (Wildman–Crippen MR) is 76.2 cm³/mol. The van der Waals surface area contributed by atoms with Crippen molar-refractivity contribution in [2.24, 2.45) is 0 Å². The molecule has 2 N–H and O–H groups in total. The Morgan fingerprint density at radius 3 is 2.10 bits per heavy atom. The van der Waals surface area contributed by atoms with E-state index in [9.17, 15) is 4.57 Å². The molecule has 6 heteroatoms. The predicted octanol–water partition coefficient (Wildman–Crippen LogP) is 4.06. The van der Waals surface area contributed by atoms with Crippen molar-refractivity contribution >= 4 is 7.82 Å². The quantitative estimate of drug-likeness (QED) is 0.400. The van der Waals surface area contributed by atoms with Gasteiger partial charge in [-0.25, -0.2) is 4.57 Å². The minimum absolute atomic E-state index is 0. The van der Waals surface area contributed by atoms with Gasteiger partial charge in [0.15, 0.2) is 0 Å². The normalized spacial score (nSPS) is 10.9. The molecule has 0 amide bonds. The fourth-order valence-corrected chi connectivity index (χ4v) is 2.36. The van der Waals surface area contributed by atoms with E-state index >= 15 is 0 Å². The van der Waals surface area contributed by atoms with Gasteiger partial charge in [0.25, 0.3) is 0 Å². The Labute approximate surface area is 133 Å². The van der Waals surface area contributed by atoms with Crippen molar-refractivity contribution in [2.75, 3.05) is 0 Å². The molecule has 0 heterocycles. The van der Waals surface area contributed by atoms with Crippen molar-refractivity contribution in [3.05, 3.63) is 29.8 Å². The molecular weight excluding hydrogens is 329 g/mol. The zero-order valence-corrected chi connectivity index (χ0v) is 16.0. The summed E-state index contributed by atoms with van der Waals surface area (Å²) in [4.78, 5) is 17.3. The Morgan fingerprint density at radius 1 is 1.00 bits per heavy atom. The van der Waals surface area contributed by atoms with Crippen LogP contribution in [0.15, 0.2) is 24.3 Å². The second-order valence-corrected chi connectivity index (χ2v) is 5.91. The molecule has 0 radical (unpaired) electrons. The van der Waals surface area contributed by atoms with Crippen LogP contribution in [0.2, 0.25) is 0 Å². The topological polar surface area (TPSA) is 66.8 Å². The molecule has 4 nitrogen and oxygen atoms in total. The molecule has 0 bridgehead atoms. The van der Waals surface area contributed by atoms with Gasteiger partial charge in [0.1, 0.15) is 5.75 Å². The van der Waals surface area contributed by atoms with Crippen LogP contribution in [0.4, 0.5) is 0 Å². The molecule has 1 aromatic rings. The minimum atomic E-state index is -4.44. The molecule has 0 aliphatic rings. The molecule has 110 valence electrons. The van der Waals surface area contributed by atoms with Crippen LogP contribution < -0.4 is 4.52 Å². The van der Waals surface area contributed by atoms with Crippen molar-refractivity contribution in [2.45, 2.75) is 51.9 Å². The maximum Gasteiger partial charge on any atom is 0.524 e. The number of unbranched alkanes of at least 4 members (excludes halogenated alkanes) is 5. The van der Waals surface area contributed by atoms with Crippen LogP contribution in [0.25, 0.3) is 0 Å². The number of benzene rings is 1. The molecule has 20 heavy (non-hydrogen) atoms. The number of phosphoric acid groups is 1. The fourth-order valence-electron chi connectivity index (χ4n) is 1.96. The number of hydrogen-bond acceptors (Lipinski definition) is 2. The largest absolute Gasteiger partial charge is 0.524 e. The molecular formula is C14H23O4PZn. The van der Waals surface area contributed by atoms with Crippen molar-refractivity contribution in [3.8, 4) is 5.75 Å². The molecule has 0 saturated carbocycles. The van der Waals surface area contributed by atoms with Crippen molar-refractivity contribution in [1.82, 2.24) is 0 Å². The smallest absolute Gasteiger partial charge is 0.404 e. The molecule has 1 rings (SSSR count). The van der Waals surface area contributed by atoms with Gasteiger partial charge in [0, 0.05) is 19.5 Å². The van der Waals surface area contributed by atoms with Crippen LogP contribution in [-0.2, 0) is 30.5 Å². The second-order valence-electron chi connectivity index (χ2n) is 4.74. The summed E-state index contributed by atoms with van der Waals surface area (Å²) in [6, 6.07) is 6.92. The summed E-state index contributed by atoms with van der Waals surface area (Å²) in [6.07, 6.45) is 8.57. The van der Waals surface area contributed by atoms with E-state index in [1.54, 1.807) is 12.1 Å². The third-order valence-electron chi connectivity index (χ3n) is 2.97. The molecule has 1 aromatic carbocycles. The van der Waals surface area contributed by atoms with Gasteiger partial charge in [-0.1, -0.05) is 51.2 Å². The Bertz CT molecular complexity index is 402. The molecule has 0 saturated heterocycles. The summed E-state index contributed by atoms with van der Waals surface area (Å²) in [5.41, 5.74) is 1.17. The maximum atomic E-state index is 10.7. The van der Waals surface area contributed by atoms with E-state index < -0.39 is 7.82 Å². The number of rotatable bonds is 9. The number of phosphoric ester groups is 1. The van der Waals surface area contributed by atoms with Crippen LogP contribution in [0.1, 0.15) is 51.0 Å². The standard InChI is InChI=1S/C14H23O4P.Zn/c1-2-3-4-5-6-7-8-13-9-11-14(12-10-13)18-19(15,16)17;/h9-12H,2-8H2,1H3,(H2,15,16,17);. The second kappa shape index (κ2) is 10.5. The number of aryl methyl sites for hydroxylation is 1. The van der Waals surface area contributed by atoms with Crippen LogP contribution >= 0.6 is 7.82 Å². The van der Waals surface area contributed by atoms with Crippen LogP contribution in [0.5, 0.6) is 5.75 Å². The zero-order valence-electron chi connectivity index (χ0n) is 12.1. The maximum absolute atomic E-state index is 10.7. The van der Waals surface area contributed by atoms with E-state index in [2.05, 4.69) is 11.4 Å². The van der Waals surface area contributed by atoms with Gasteiger partial charge in [-0.2, -0.15) is 0 Å². The van der Waals surface area contributed by atoms with Crippen molar-refractivity contribution in [3.63, 3.8) is 0 Å². The third kappa shape index (κ3) is 9.66. The van der Waals surface area contributed by atoms with Crippen LogP contribution in [0, 0.1) is 0 Å². The summed E-state index contributed by atoms with van der Waals surface area (Å²) in [5.74, 6) is 0.208. The van der Waals surface area contributed by atoms with Crippen molar-refractivity contribution in [1.29, 1.82) is 0 Å². The first-order valence-corrected chi connectivity index (χ1v) is 8.38. The van der Waals surface area contributed by atoms with E-state index in [0.29, 0.717) is 0 Å². The van der Waals surface area contributed by atoms with Crippen molar-refractivity contribution < 1.29 is 38.4 Å². The Kier molecular flexibility index (Phi) is 10.4. The van der Waals surface area contributed by atoms with Gasteiger partial charge in [-0.05, 0) is 30.5 Å². The molecule has 0 atom stereocenters. The first kappa shape index (κ1) is 19.8. The summed E-state index contributed by atoms with van der Waals surface area (Å²) >= 11 is 0. The van der Waals surface area contributed by atoms with E-state index in [-0.39, 0.29) is 25.2 Å². The molecule has 0 aromatic heterocycles. The van der Waals surface area contributed by atoms with Gasteiger partial charge in [-0.3, -0.25) is 9.79 Å². The summed E-state index contributed by atoms with van der Waals surface area (Å²) in [5, 5.41) is 0. The minimum Gasteiger partial charge on any atom is -0.404 e. The Morgan fingerprint density at radius 2 is 1.55 bits per heavy atom. The number of hydrogen-bond donors (Lipinski definition) is 2. The average Bonchev–Trinajstić information content (AvgIpc) is 2.34. The molecule has 0 aliphatic heterocycles. The van der Waals surface area contributed by atoms with Gasteiger partial charge in [0.2, 0.25) is 0 Å². The van der Waals surface area contributed by atoms with Gasteiger partial charge >= 0.3 is 7.82 Å². The van der Waals surface area contributed by atoms with Gasteiger partial charge < -0.3 is 4.52 Å². The summed E-state index contributed by atoms with van der Waals surface area (Å²) in [6.45, 7) is 2.21. The Balaban J connectivity index is 0.00000361. The SMILES string of the molecule is CCCCCCCCc1ccc(OP(=O)(O)O)cc1.[Zn]. The molecule has 0 fully saturated rings. The van der Waals surface area contributed by atoms with Crippen LogP contribution in [0.3, 0.4) is 0 Å². The van der Waals surface area contributed by atoms with Crippen LogP contribution in [-0.4, -0.2) is 9.79 Å². The van der Waals surface area contributed by atoms with E-state index in [0.717, 1.165) is 12.8 Å². The van der Waals surface area contributed by atoms with Gasteiger partial charge in [0.05, 0.1) is 0 Å². The fraction of sp³-hybridized carbons (Fsp3) is 0.571. The first-order chi connectivity index (χ1) is 9.01. The first-order valence-electron chi connectivity index (χ1n) is 6.85. The summed E-state index contributed by atoms with van der Waals surface area (Å²) < 4.78 is 15.1. The van der Waals surface area contributed by atoms with E-state index in [1.807, 2.05) is 12.1 Å². The Hall–Kier alpha value is -0.207. The van der Waals surface area contributed by atoms with Gasteiger partial charge in [-0.15, -0.1) is 0 Å².